The van der Waals surface area contributed by atoms with Crippen molar-refractivity contribution in [3.05, 3.63) is 90.7 Å². The van der Waals surface area contributed by atoms with Gasteiger partial charge in [0, 0.05) is 5.02 Å². The number of ether oxygens (including phenoxy) is 1. The summed E-state index contributed by atoms with van der Waals surface area (Å²) >= 11 is 7.14. The van der Waals surface area contributed by atoms with Crippen LogP contribution in [0, 0.1) is 13.8 Å². The Balaban J connectivity index is 1.75. The van der Waals surface area contributed by atoms with Gasteiger partial charge in [-0.25, -0.2) is 9.78 Å². The molecule has 1 aliphatic heterocycles. The fraction of sp³-hybridized carbons (Fsp3) is 0.200. The Bertz CT molecular complexity index is 1520. The van der Waals surface area contributed by atoms with E-state index in [0.717, 1.165) is 16.9 Å². The lowest BCUT2D eigenvalue weighted by molar-refractivity contribution is 0.0531. The van der Waals surface area contributed by atoms with Gasteiger partial charge in [-0.05, 0) is 50.6 Å². The summed E-state index contributed by atoms with van der Waals surface area (Å²) in [5.41, 5.74) is 2.30. The SMILES string of the molecule is CCOC(=O)c1sc(N2C(=O)c3oc4ccc(C)cc4c(=O)c3C2c2ccc(Cl)cc2)nc1C. The van der Waals surface area contributed by atoms with Crippen LogP contribution in [0.4, 0.5) is 5.13 Å². The molecule has 172 valence electrons. The van der Waals surface area contributed by atoms with Crippen LogP contribution >= 0.6 is 22.9 Å². The number of carbonyl (C=O) groups excluding carboxylic acids is 2. The fourth-order valence-corrected chi connectivity index (χ4v) is 5.23. The van der Waals surface area contributed by atoms with Crippen LogP contribution in [0.1, 0.15) is 55.6 Å². The summed E-state index contributed by atoms with van der Waals surface area (Å²) in [6.07, 6.45) is 0. The van der Waals surface area contributed by atoms with Crippen LogP contribution in [0.25, 0.3) is 11.0 Å². The molecule has 1 aliphatic rings. The maximum absolute atomic E-state index is 13.7. The summed E-state index contributed by atoms with van der Waals surface area (Å²) in [5, 5.41) is 1.20. The third kappa shape index (κ3) is 3.50. The molecular formula is C25H19ClN2O5S. The van der Waals surface area contributed by atoms with Gasteiger partial charge >= 0.3 is 5.97 Å². The molecule has 0 fully saturated rings. The van der Waals surface area contributed by atoms with Gasteiger partial charge in [-0.3, -0.25) is 14.5 Å². The highest BCUT2D eigenvalue weighted by Crippen LogP contribution is 2.43. The Hall–Kier alpha value is -3.49. The van der Waals surface area contributed by atoms with Gasteiger partial charge in [0.15, 0.2) is 10.6 Å². The second kappa shape index (κ2) is 8.38. The molecule has 0 N–H and O–H groups in total. The Morgan fingerprint density at radius 2 is 1.91 bits per heavy atom. The molecule has 0 bridgehead atoms. The number of aromatic nitrogens is 1. The first kappa shape index (κ1) is 22.3. The molecule has 9 heteroatoms. The first-order valence-electron chi connectivity index (χ1n) is 10.6. The summed E-state index contributed by atoms with van der Waals surface area (Å²) in [6.45, 7) is 5.50. The second-order valence-corrected chi connectivity index (χ2v) is 9.35. The number of halogens is 1. The summed E-state index contributed by atoms with van der Waals surface area (Å²) in [7, 11) is 0. The molecule has 1 unspecified atom stereocenters. The van der Waals surface area contributed by atoms with E-state index in [-0.39, 0.29) is 28.5 Å². The number of esters is 1. The van der Waals surface area contributed by atoms with Gasteiger partial charge in [0.25, 0.3) is 5.91 Å². The molecule has 2 aromatic carbocycles. The molecule has 0 saturated carbocycles. The number of carbonyl (C=O) groups is 2. The van der Waals surface area contributed by atoms with Crippen molar-refractivity contribution in [1.29, 1.82) is 0 Å². The number of hydrogen-bond donors (Lipinski definition) is 0. The highest BCUT2D eigenvalue weighted by Gasteiger charge is 2.45. The number of thiazole rings is 1. The van der Waals surface area contributed by atoms with Crippen molar-refractivity contribution in [2.45, 2.75) is 26.8 Å². The third-order valence-electron chi connectivity index (χ3n) is 5.66. The number of rotatable bonds is 4. The van der Waals surface area contributed by atoms with Crippen LogP contribution in [-0.4, -0.2) is 23.5 Å². The zero-order valence-corrected chi connectivity index (χ0v) is 20.1. The van der Waals surface area contributed by atoms with Gasteiger partial charge < -0.3 is 9.15 Å². The zero-order chi connectivity index (χ0) is 24.1. The largest absolute Gasteiger partial charge is 0.462 e. The summed E-state index contributed by atoms with van der Waals surface area (Å²) < 4.78 is 11.1. The predicted molar refractivity (Wildman–Crippen MR) is 130 cm³/mol. The first-order valence-corrected chi connectivity index (χ1v) is 11.8. The van der Waals surface area contributed by atoms with E-state index >= 15 is 0 Å². The summed E-state index contributed by atoms with van der Waals surface area (Å²) in [6, 6.07) is 11.4. The van der Waals surface area contributed by atoms with Crippen molar-refractivity contribution in [3.63, 3.8) is 0 Å². The van der Waals surface area contributed by atoms with E-state index < -0.39 is 17.9 Å². The molecule has 1 amide bonds. The molecule has 2 aromatic heterocycles. The van der Waals surface area contributed by atoms with Crippen LogP contribution in [0.3, 0.4) is 0 Å². The normalized spacial score (nSPS) is 15.1. The number of anilines is 1. The second-order valence-electron chi connectivity index (χ2n) is 7.93. The maximum atomic E-state index is 13.7. The van der Waals surface area contributed by atoms with E-state index in [1.54, 1.807) is 50.2 Å². The van der Waals surface area contributed by atoms with Gasteiger partial charge in [0.05, 0.1) is 29.3 Å². The van der Waals surface area contributed by atoms with E-state index in [2.05, 4.69) is 4.98 Å². The van der Waals surface area contributed by atoms with Crippen molar-refractivity contribution in [1.82, 2.24) is 4.98 Å². The molecule has 7 nitrogen and oxygen atoms in total. The lowest BCUT2D eigenvalue weighted by Crippen LogP contribution is -2.29. The molecule has 1 atom stereocenters. The van der Waals surface area contributed by atoms with Gasteiger partial charge in [-0.15, -0.1) is 0 Å². The van der Waals surface area contributed by atoms with Crippen molar-refractivity contribution in [2.24, 2.45) is 0 Å². The molecule has 0 spiro atoms. The van der Waals surface area contributed by atoms with E-state index in [4.69, 9.17) is 20.8 Å². The van der Waals surface area contributed by atoms with Crippen LogP contribution in [0.15, 0.2) is 51.7 Å². The van der Waals surface area contributed by atoms with E-state index in [1.165, 1.54) is 4.90 Å². The smallest absolute Gasteiger partial charge is 0.350 e. The number of fused-ring (bicyclic) bond motifs is 2. The van der Waals surface area contributed by atoms with Crippen molar-refractivity contribution < 1.29 is 18.7 Å². The molecule has 0 radical (unpaired) electrons. The highest BCUT2D eigenvalue weighted by atomic mass is 35.5. The standard InChI is InChI=1S/C25H19ClN2O5S/c1-4-32-24(31)22-13(3)27-25(34-22)28-19(14-6-8-15(26)9-7-14)18-20(29)16-11-12(2)5-10-17(16)33-21(18)23(28)30/h5-11,19H,4H2,1-3H3. The van der Waals surface area contributed by atoms with Crippen LogP contribution < -0.4 is 10.3 Å². The Morgan fingerprint density at radius 1 is 1.18 bits per heavy atom. The number of hydrogen-bond acceptors (Lipinski definition) is 7. The summed E-state index contributed by atoms with van der Waals surface area (Å²) in [5.74, 6) is -1.04. The van der Waals surface area contributed by atoms with Crippen molar-refractivity contribution in [3.8, 4) is 0 Å². The molecule has 4 aromatic rings. The third-order valence-corrected chi connectivity index (χ3v) is 7.05. The quantitative estimate of drug-likeness (QED) is 0.351. The Labute approximate surface area is 203 Å². The van der Waals surface area contributed by atoms with E-state index in [1.807, 2.05) is 13.0 Å². The molecule has 5 rings (SSSR count). The molecule has 34 heavy (non-hydrogen) atoms. The average Bonchev–Trinajstić information content (AvgIpc) is 3.33. The monoisotopic (exact) mass is 494 g/mol. The van der Waals surface area contributed by atoms with E-state index in [0.29, 0.717) is 32.1 Å². The molecule has 0 saturated heterocycles. The van der Waals surface area contributed by atoms with Crippen molar-refractivity contribution in [2.75, 3.05) is 11.5 Å². The Kier molecular flexibility index (Phi) is 5.50. The lowest BCUT2D eigenvalue weighted by atomic mass is 9.98. The number of aryl methyl sites for hydroxylation is 2. The van der Waals surface area contributed by atoms with Gasteiger partial charge in [-0.1, -0.05) is 46.7 Å². The maximum Gasteiger partial charge on any atom is 0.350 e. The molecular weight excluding hydrogens is 476 g/mol. The van der Waals surface area contributed by atoms with Crippen molar-refractivity contribution >= 4 is 50.9 Å². The Morgan fingerprint density at radius 3 is 2.62 bits per heavy atom. The minimum Gasteiger partial charge on any atom is -0.462 e. The predicted octanol–water partition coefficient (Wildman–Crippen LogP) is 5.45. The van der Waals surface area contributed by atoms with Crippen LogP contribution in [-0.2, 0) is 4.74 Å². The van der Waals surface area contributed by atoms with Crippen LogP contribution in [0.5, 0.6) is 0 Å². The highest BCUT2D eigenvalue weighted by molar-refractivity contribution is 7.17. The van der Waals surface area contributed by atoms with Gasteiger partial charge in [0.1, 0.15) is 10.5 Å². The minimum atomic E-state index is -0.790. The average molecular weight is 495 g/mol. The van der Waals surface area contributed by atoms with Gasteiger partial charge in [0.2, 0.25) is 5.76 Å². The minimum absolute atomic E-state index is 0.0353. The summed E-state index contributed by atoms with van der Waals surface area (Å²) in [4.78, 5) is 45.9. The first-order chi connectivity index (χ1) is 16.3. The fourth-order valence-electron chi connectivity index (χ4n) is 4.12. The molecule has 0 aliphatic carbocycles. The van der Waals surface area contributed by atoms with Gasteiger partial charge in [-0.2, -0.15) is 0 Å². The topological polar surface area (TPSA) is 89.7 Å². The zero-order valence-electron chi connectivity index (χ0n) is 18.5. The number of nitrogens with zero attached hydrogens (tertiary/aromatic N) is 2. The molecule has 3 heterocycles. The number of amides is 1. The van der Waals surface area contributed by atoms with Crippen LogP contribution in [0.2, 0.25) is 5.02 Å². The van der Waals surface area contributed by atoms with E-state index in [9.17, 15) is 14.4 Å². The number of benzene rings is 2. The lowest BCUT2D eigenvalue weighted by Gasteiger charge is -2.22.